The van der Waals surface area contributed by atoms with Gasteiger partial charge < -0.3 is 10.5 Å². The highest BCUT2D eigenvalue weighted by Crippen LogP contribution is 2.22. The van der Waals surface area contributed by atoms with Gasteiger partial charge in [-0.1, -0.05) is 6.07 Å². The summed E-state index contributed by atoms with van der Waals surface area (Å²) in [5, 5.41) is 8.77. The minimum absolute atomic E-state index is 0.0269. The Labute approximate surface area is 121 Å². The van der Waals surface area contributed by atoms with Crippen LogP contribution in [-0.2, 0) is 6.61 Å². The minimum Gasteiger partial charge on any atom is -0.486 e. The van der Waals surface area contributed by atoms with Gasteiger partial charge >= 0.3 is 0 Å². The van der Waals surface area contributed by atoms with Crippen LogP contribution in [-0.4, -0.2) is 0 Å². The highest BCUT2D eigenvalue weighted by molar-refractivity contribution is 5.34. The van der Waals surface area contributed by atoms with E-state index in [-0.39, 0.29) is 24.0 Å². The Bertz CT molecular complexity index is 693. The molecule has 108 valence electrons. The van der Waals surface area contributed by atoms with Crippen LogP contribution < -0.4 is 10.5 Å². The van der Waals surface area contributed by atoms with Crippen molar-refractivity contribution in [2.75, 3.05) is 0 Å². The highest BCUT2D eigenvalue weighted by atomic mass is 19.1. The lowest BCUT2D eigenvalue weighted by atomic mass is 10.1. The van der Waals surface area contributed by atoms with Gasteiger partial charge in [-0.25, -0.2) is 8.78 Å². The molecule has 1 atom stereocenters. The Hall–Kier alpha value is -2.45. The van der Waals surface area contributed by atoms with Crippen molar-refractivity contribution in [3.05, 3.63) is 64.7 Å². The maximum atomic E-state index is 13.8. The Kier molecular flexibility index (Phi) is 4.51. The Balaban J connectivity index is 2.13. The van der Waals surface area contributed by atoms with Gasteiger partial charge in [0, 0.05) is 6.04 Å². The summed E-state index contributed by atoms with van der Waals surface area (Å²) in [7, 11) is 0. The molecular weight excluding hydrogens is 274 g/mol. The number of nitriles is 1. The Morgan fingerprint density at radius 3 is 2.62 bits per heavy atom. The van der Waals surface area contributed by atoms with Gasteiger partial charge in [-0.2, -0.15) is 5.26 Å². The fourth-order valence-corrected chi connectivity index (χ4v) is 1.88. The van der Waals surface area contributed by atoms with Crippen LogP contribution in [0.5, 0.6) is 5.75 Å². The quantitative estimate of drug-likeness (QED) is 0.937. The SMILES string of the molecule is C[C@H](N)c1ccc(OCc2cc(F)cc(C#N)c2)c(F)c1. The van der Waals surface area contributed by atoms with Crippen molar-refractivity contribution in [1.82, 2.24) is 0 Å². The average molecular weight is 288 g/mol. The van der Waals surface area contributed by atoms with E-state index in [9.17, 15) is 8.78 Å². The molecule has 0 saturated carbocycles. The van der Waals surface area contributed by atoms with Gasteiger partial charge in [-0.05, 0) is 48.4 Å². The first kappa shape index (κ1) is 14.9. The van der Waals surface area contributed by atoms with E-state index in [0.717, 1.165) is 6.07 Å². The Morgan fingerprint density at radius 2 is 2.00 bits per heavy atom. The molecule has 2 rings (SSSR count). The zero-order valence-electron chi connectivity index (χ0n) is 11.4. The van der Waals surface area contributed by atoms with Crippen molar-refractivity contribution >= 4 is 0 Å². The van der Waals surface area contributed by atoms with Gasteiger partial charge in [0.1, 0.15) is 12.4 Å². The van der Waals surface area contributed by atoms with E-state index in [1.165, 1.54) is 24.3 Å². The van der Waals surface area contributed by atoms with Crippen LogP contribution >= 0.6 is 0 Å². The highest BCUT2D eigenvalue weighted by Gasteiger charge is 2.08. The van der Waals surface area contributed by atoms with E-state index >= 15 is 0 Å². The summed E-state index contributed by atoms with van der Waals surface area (Å²) in [5.41, 5.74) is 6.99. The summed E-state index contributed by atoms with van der Waals surface area (Å²) < 4.78 is 32.4. The van der Waals surface area contributed by atoms with Gasteiger partial charge in [0.25, 0.3) is 0 Å². The molecule has 2 aromatic rings. The third-order valence-corrected chi connectivity index (χ3v) is 2.96. The van der Waals surface area contributed by atoms with Gasteiger partial charge in [-0.3, -0.25) is 0 Å². The fourth-order valence-electron chi connectivity index (χ4n) is 1.88. The van der Waals surface area contributed by atoms with Crippen molar-refractivity contribution in [3.8, 4) is 11.8 Å². The van der Waals surface area contributed by atoms with E-state index in [1.807, 2.05) is 6.07 Å². The lowest BCUT2D eigenvalue weighted by Gasteiger charge is -2.10. The number of benzene rings is 2. The number of hydrogen-bond acceptors (Lipinski definition) is 3. The van der Waals surface area contributed by atoms with Crippen molar-refractivity contribution < 1.29 is 13.5 Å². The van der Waals surface area contributed by atoms with Gasteiger partial charge in [-0.15, -0.1) is 0 Å². The topological polar surface area (TPSA) is 59.0 Å². The van der Waals surface area contributed by atoms with Crippen LogP contribution in [0.1, 0.15) is 29.7 Å². The molecule has 0 aliphatic carbocycles. The second-order valence-corrected chi connectivity index (χ2v) is 4.73. The zero-order chi connectivity index (χ0) is 15.4. The molecule has 0 radical (unpaired) electrons. The first-order valence-electron chi connectivity index (χ1n) is 6.37. The van der Waals surface area contributed by atoms with Crippen LogP contribution in [0.25, 0.3) is 0 Å². The molecule has 3 nitrogen and oxygen atoms in total. The minimum atomic E-state index is -0.527. The van der Waals surface area contributed by atoms with Crippen LogP contribution in [0.3, 0.4) is 0 Å². The average Bonchev–Trinajstić information content (AvgIpc) is 2.45. The predicted molar refractivity (Wildman–Crippen MR) is 74.4 cm³/mol. The fraction of sp³-hybridized carbons (Fsp3) is 0.188. The number of nitrogens with two attached hydrogens (primary N) is 1. The van der Waals surface area contributed by atoms with Gasteiger partial charge in [0.05, 0.1) is 11.6 Å². The molecule has 5 heteroatoms. The van der Waals surface area contributed by atoms with Gasteiger partial charge in [0.15, 0.2) is 11.6 Å². The molecule has 0 heterocycles. The molecule has 0 amide bonds. The van der Waals surface area contributed by atoms with Crippen molar-refractivity contribution in [2.24, 2.45) is 5.73 Å². The monoisotopic (exact) mass is 288 g/mol. The molecule has 0 saturated heterocycles. The molecule has 0 unspecified atom stereocenters. The summed E-state index contributed by atoms with van der Waals surface area (Å²) in [6, 6.07) is 9.93. The normalized spacial score (nSPS) is 11.8. The first-order valence-corrected chi connectivity index (χ1v) is 6.37. The van der Waals surface area contributed by atoms with E-state index in [2.05, 4.69) is 0 Å². The molecule has 0 bridgehead atoms. The molecule has 2 aromatic carbocycles. The number of rotatable bonds is 4. The number of ether oxygens (including phenoxy) is 1. The molecule has 0 aliphatic heterocycles. The second kappa shape index (κ2) is 6.33. The van der Waals surface area contributed by atoms with Gasteiger partial charge in [0.2, 0.25) is 0 Å². The summed E-state index contributed by atoms with van der Waals surface area (Å²) in [6.07, 6.45) is 0. The molecule has 0 fully saturated rings. The lowest BCUT2D eigenvalue weighted by molar-refractivity contribution is 0.289. The maximum absolute atomic E-state index is 13.8. The molecule has 0 spiro atoms. The number of halogens is 2. The lowest BCUT2D eigenvalue weighted by Crippen LogP contribution is -2.06. The third kappa shape index (κ3) is 3.77. The largest absolute Gasteiger partial charge is 0.486 e. The van der Waals surface area contributed by atoms with Crippen LogP contribution in [0.4, 0.5) is 8.78 Å². The molecular formula is C16H14F2N2O. The van der Waals surface area contributed by atoms with E-state index in [0.29, 0.717) is 11.1 Å². The van der Waals surface area contributed by atoms with Crippen molar-refractivity contribution in [1.29, 1.82) is 5.26 Å². The van der Waals surface area contributed by atoms with Crippen LogP contribution in [0, 0.1) is 23.0 Å². The van der Waals surface area contributed by atoms with Crippen molar-refractivity contribution in [2.45, 2.75) is 19.6 Å². The predicted octanol–water partition coefficient (Wildman–Crippen LogP) is 3.44. The zero-order valence-corrected chi connectivity index (χ0v) is 11.4. The molecule has 0 aliphatic rings. The summed E-state index contributed by atoms with van der Waals surface area (Å²) >= 11 is 0. The van der Waals surface area contributed by atoms with E-state index < -0.39 is 11.6 Å². The van der Waals surface area contributed by atoms with Crippen LogP contribution in [0.15, 0.2) is 36.4 Å². The first-order chi connectivity index (χ1) is 9.99. The van der Waals surface area contributed by atoms with Crippen LogP contribution in [0.2, 0.25) is 0 Å². The summed E-state index contributed by atoms with van der Waals surface area (Å²) in [6.45, 7) is 1.73. The van der Waals surface area contributed by atoms with Crippen molar-refractivity contribution in [3.63, 3.8) is 0 Å². The summed E-state index contributed by atoms with van der Waals surface area (Å²) in [4.78, 5) is 0. The standard InChI is InChI=1S/C16H14F2N2O/c1-10(20)13-2-3-16(15(18)7-13)21-9-12-4-11(8-19)5-14(17)6-12/h2-7,10H,9,20H2,1H3/t10-/m0/s1. The second-order valence-electron chi connectivity index (χ2n) is 4.73. The maximum Gasteiger partial charge on any atom is 0.165 e. The Morgan fingerprint density at radius 1 is 1.24 bits per heavy atom. The molecule has 2 N–H and O–H groups in total. The smallest absolute Gasteiger partial charge is 0.165 e. The molecule has 21 heavy (non-hydrogen) atoms. The third-order valence-electron chi connectivity index (χ3n) is 2.96. The number of nitrogens with zero attached hydrogens (tertiary/aromatic N) is 1. The number of hydrogen-bond donors (Lipinski definition) is 1. The van der Waals surface area contributed by atoms with E-state index in [1.54, 1.807) is 13.0 Å². The molecule has 0 aromatic heterocycles. The summed E-state index contributed by atoms with van der Waals surface area (Å²) in [5.74, 6) is -0.996. The van der Waals surface area contributed by atoms with E-state index in [4.69, 9.17) is 15.7 Å².